The van der Waals surface area contributed by atoms with Crippen LogP contribution in [0.15, 0.2) is 53.4 Å². The molecule has 2 aromatic carbocycles. The topological polar surface area (TPSA) is 41.6 Å². The van der Waals surface area contributed by atoms with Gasteiger partial charge in [-0.3, -0.25) is 9.69 Å². The fraction of sp³-hybridized carbons (Fsp3) is 0.350. The first-order valence-corrected chi connectivity index (χ1v) is 9.33. The monoisotopic (exact) mass is 358 g/mol. The molecule has 0 bridgehead atoms. The van der Waals surface area contributed by atoms with Crippen LogP contribution in [0.2, 0.25) is 0 Å². The van der Waals surface area contributed by atoms with Crippen LogP contribution in [0.25, 0.3) is 0 Å². The van der Waals surface area contributed by atoms with Gasteiger partial charge >= 0.3 is 0 Å². The number of amides is 1. The molecule has 5 heteroatoms. The van der Waals surface area contributed by atoms with E-state index >= 15 is 0 Å². The third kappa shape index (κ3) is 7.20. The molecule has 2 rings (SSSR count). The molecule has 25 heavy (non-hydrogen) atoms. The number of hydrogen-bond acceptors (Lipinski definition) is 4. The summed E-state index contributed by atoms with van der Waals surface area (Å²) in [7, 11) is 3.60. The highest BCUT2D eigenvalue weighted by Crippen LogP contribution is 2.17. The first-order valence-electron chi connectivity index (χ1n) is 8.34. The minimum atomic E-state index is 0.0560. The van der Waals surface area contributed by atoms with E-state index in [0.717, 1.165) is 23.6 Å². The molecule has 0 spiro atoms. The van der Waals surface area contributed by atoms with Gasteiger partial charge in [0.15, 0.2) is 0 Å². The van der Waals surface area contributed by atoms with Gasteiger partial charge in [0.1, 0.15) is 5.75 Å². The molecule has 0 aromatic heterocycles. The lowest BCUT2D eigenvalue weighted by Crippen LogP contribution is -2.35. The van der Waals surface area contributed by atoms with Gasteiger partial charge < -0.3 is 10.1 Å². The highest BCUT2D eigenvalue weighted by atomic mass is 32.2. The molecule has 0 radical (unpaired) electrons. The van der Waals surface area contributed by atoms with Gasteiger partial charge in [0.2, 0.25) is 5.91 Å². The number of nitrogens with zero attached hydrogens (tertiary/aromatic N) is 1. The Labute approximate surface area is 154 Å². The van der Waals surface area contributed by atoms with Crippen molar-refractivity contribution in [1.82, 2.24) is 10.2 Å². The van der Waals surface area contributed by atoms with Crippen LogP contribution in [0.5, 0.6) is 5.75 Å². The lowest BCUT2D eigenvalue weighted by Gasteiger charge is -2.16. The van der Waals surface area contributed by atoms with Crippen LogP contribution in [0, 0.1) is 6.92 Å². The van der Waals surface area contributed by atoms with Crippen molar-refractivity contribution in [3.63, 3.8) is 0 Å². The predicted molar refractivity (Wildman–Crippen MR) is 104 cm³/mol. The molecule has 2 aromatic rings. The highest BCUT2D eigenvalue weighted by molar-refractivity contribution is 7.99. The number of nitrogens with one attached hydrogen (secondary N) is 1. The smallest absolute Gasteiger partial charge is 0.234 e. The molecule has 0 heterocycles. The summed E-state index contributed by atoms with van der Waals surface area (Å²) in [6.07, 6.45) is 0. The standard InChI is InChI=1S/C20H26N2O2S/c1-16-4-10-19(11-5-16)25-13-12-21-20(23)15-22(2)14-17-6-8-18(24-3)9-7-17/h4-11H,12-15H2,1-3H3,(H,21,23). The predicted octanol–water partition coefficient (Wildman–Crippen LogP) is 3.34. The molecule has 0 unspecified atom stereocenters. The summed E-state index contributed by atoms with van der Waals surface area (Å²) >= 11 is 1.76. The largest absolute Gasteiger partial charge is 0.497 e. The maximum atomic E-state index is 12.0. The molecule has 0 saturated carbocycles. The summed E-state index contributed by atoms with van der Waals surface area (Å²) in [5.74, 6) is 1.77. The molecule has 134 valence electrons. The maximum absolute atomic E-state index is 12.0. The summed E-state index contributed by atoms with van der Waals surface area (Å²) in [6, 6.07) is 16.4. The average Bonchev–Trinajstić information content (AvgIpc) is 2.61. The molecular weight excluding hydrogens is 332 g/mol. The summed E-state index contributed by atoms with van der Waals surface area (Å²) in [6.45, 7) is 3.88. The van der Waals surface area contributed by atoms with Crippen LogP contribution in [0.4, 0.5) is 0 Å². The van der Waals surface area contributed by atoms with Crippen LogP contribution in [-0.4, -0.2) is 43.8 Å². The number of thioether (sulfide) groups is 1. The van der Waals surface area contributed by atoms with E-state index < -0.39 is 0 Å². The number of rotatable bonds is 9. The van der Waals surface area contributed by atoms with Gasteiger partial charge in [-0.15, -0.1) is 11.8 Å². The molecule has 0 aliphatic carbocycles. The number of aryl methyl sites for hydroxylation is 1. The van der Waals surface area contributed by atoms with Gasteiger partial charge in [-0.25, -0.2) is 0 Å². The van der Waals surface area contributed by atoms with E-state index in [1.54, 1.807) is 18.9 Å². The second-order valence-electron chi connectivity index (χ2n) is 6.03. The van der Waals surface area contributed by atoms with Crippen LogP contribution in [0.3, 0.4) is 0 Å². The molecule has 0 aliphatic rings. The van der Waals surface area contributed by atoms with Crippen molar-refractivity contribution in [2.24, 2.45) is 0 Å². The van der Waals surface area contributed by atoms with Gasteiger partial charge in [-0.2, -0.15) is 0 Å². The Morgan fingerprint density at radius 2 is 1.80 bits per heavy atom. The van der Waals surface area contributed by atoms with Gasteiger partial charge in [0, 0.05) is 23.7 Å². The zero-order chi connectivity index (χ0) is 18.1. The highest BCUT2D eigenvalue weighted by Gasteiger charge is 2.07. The van der Waals surface area contributed by atoms with Crippen molar-refractivity contribution in [3.05, 3.63) is 59.7 Å². The van der Waals surface area contributed by atoms with E-state index in [1.165, 1.54) is 10.5 Å². The Balaban J connectivity index is 1.64. The summed E-state index contributed by atoms with van der Waals surface area (Å²) in [5.41, 5.74) is 2.42. The summed E-state index contributed by atoms with van der Waals surface area (Å²) in [5, 5.41) is 2.98. The normalized spacial score (nSPS) is 10.7. The zero-order valence-electron chi connectivity index (χ0n) is 15.1. The van der Waals surface area contributed by atoms with Gasteiger partial charge in [-0.05, 0) is 43.8 Å². The zero-order valence-corrected chi connectivity index (χ0v) is 15.9. The fourth-order valence-electron chi connectivity index (χ4n) is 2.39. The minimum absolute atomic E-state index is 0.0560. The lowest BCUT2D eigenvalue weighted by molar-refractivity contribution is -0.121. The molecule has 0 saturated heterocycles. The Hall–Kier alpha value is -1.98. The third-order valence-electron chi connectivity index (χ3n) is 3.74. The second-order valence-corrected chi connectivity index (χ2v) is 7.20. The van der Waals surface area contributed by atoms with E-state index in [4.69, 9.17) is 4.74 Å². The van der Waals surface area contributed by atoms with E-state index in [2.05, 4.69) is 36.5 Å². The number of hydrogen-bond donors (Lipinski definition) is 1. The van der Waals surface area contributed by atoms with Crippen molar-refractivity contribution in [1.29, 1.82) is 0 Å². The summed E-state index contributed by atoms with van der Waals surface area (Å²) < 4.78 is 5.15. The number of carbonyl (C=O) groups is 1. The van der Waals surface area contributed by atoms with Gasteiger partial charge in [0.25, 0.3) is 0 Å². The quantitative estimate of drug-likeness (QED) is 0.551. The van der Waals surface area contributed by atoms with Crippen LogP contribution >= 0.6 is 11.8 Å². The summed E-state index contributed by atoms with van der Waals surface area (Å²) in [4.78, 5) is 15.3. The van der Waals surface area contributed by atoms with Crippen molar-refractivity contribution >= 4 is 17.7 Å². The van der Waals surface area contributed by atoms with Crippen LogP contribution in [0.1, 0.15) is 11.1 Å². The number of carbonyl (C=O) groups excluding carboxylic acids is 1. The Bertz CT molecular complexity index is 656. The lowest BCUT2D eigenvalue weighted by atomic mass is 10.2. The Kier molecular flexibility index (Phi) is 7.82. The number of methoxy groups -OCH3 is 1. The van der Waals surface area contributed by atoms with Gasteiger partial charge in [-0.1, -0.05) is 29.8 Å². The van der Waals surface area contributed by atoms with Crippen molar-refractivity contribution in [3.8, 4) is 5.75 Å². The fourth-order valence-corrected chi connectivity index (χ4v) is 3.16. The number of benzene rings is 2. The maximum Gasteiger partial charge on any atom is 0.234 e. The number of likely N-dealkylation sites (N-methyl/N-ethyl adjacent to an activating group) is 1. The van der Waals surface area contributed by atoms with E-state index in [-0.39, 0.29) is 5.91 Å². The first kappa shape index (κ1) is 19.3. The van der Waals surface area contributed by atoms with Crippen molar-refractivity contribution in [2.45, 2.75) is 18.4 Å². The van der Waals surface area contributed by atoms with Gasteiger partial charge in [0.05, 0.1) is 13.7 Å². The molecule has 0 aliphatic heterocycles. The molecule has 1 N–H and O–H groups in total. The molecular formula is C20H26N2O2S. The SMILES string of the molecule is COc1ccc(CN(C)CC(=O)NCCSc2ccc(C)cc2)cc1. The first-order chi connectivity index (χ1) is 12.1. The van der Waals surface area contributed by atoms with Crippen LogP contribution < -0.4 is 10.1 Å². The third-order valence-corrected chi connectivity index (χ3v) is 4.75. The molecule has 1 amide bonds. The molecule has 4 nitrogen and oxygen atoms in total. The Morgan fingerprint density at radius 1 is 1.12 bits per heavy atom. The van der Waals surface area contributed by atoms with E-state index in [9.17, 15) is 4.79 Å². The molecule has 0 atom stereocenters. The van der Waals surface area contributed by atoms with Crippen molar-refractivity contribution in [2.75, 3.05) is 33.0 Å². The van der Waals surface area contributed by atoms with Crippen LogP contribution in [-0.2, 0) is 11.3 Å². The van der Waals surface area contributed by atoms with E-state index in [1.807, 2.05) is 36.2 Å². The minimum Gasteiger partial charge on any atom is -0.497 e. The molecule has 0 fully saturated rings. The van der Waals surface area contributed by atoms with E-state index in [0.29, 0.717) is 13.1 Å². The average molecular weight is 359 g/mol. The second kappa shape index (κ2) is 10.1. The van der Waals surface area contributed by atoms with Crippen molar-refractivity contribution < 1.29 is 9.53 Å². The number of ether oxygens (including phenoxy) is 1. The Morgan fingerprint density at radius 3 is 2.44 bits per heavy atom.